The Kier molecular flexibility index (Phi) is 20.3. The molecule has 14 nitrogen and oxygen atoms in total. The maximum atomic E-state index is 14.4. The van der Waals surface area contributed by atoms with Gasteiger partial charge in [0.05, 0.1) is 67.3 Å². The van der Waals surface area contributed by atoms with Gasteiger partial charge in [-0.05, 0) is 108 Å². The molecular weight excluding hydrogens is 905 g/mol. The molecule has 0 spiro atoms. The number of amides is 3. The number of nitrogens with one attached hydrogen (secondary N) is 1. The fraction of sp³-hybridized carbons (Fsp3) is 0.500. The van der Waals surface area contributed by atoms with Gasteiger partial charge in [-0.1, -0.05) is 73.1 Å². The highest BCUT2D eigenvalue weighted by atomic mass is 33.1. The van der Waals surface area contributed by atoms with Gasteiger partial charge < -0.3 is 43.9 Å². The Bertz CT molecular complexity index is 2280. The van der Waals surface area contributed by atoms with Crippen LogP contribution >= 0.6 is 21.6 Å². The topological polar surface area (TPSA) is 156 Å². The van der Waals surface area contributed by atoms with Crippen molar-refractivity contribution < 1.29 is 48.0 Å². The molecule has 3 heterocycles. The first kappa shape index (κ1) is 53.5. The van der Waals surface area contributed by atoms with Crippen LogP contribution in [0, 0.1) is 0 Å². The number of nitrogens with zero attached hydrogens (tertiary/aromatic N) is 3. The van der Waals surface area contributed by atoms with Gasteiger partial charge in [0.15, 0.2) is 23.0 Å². The maximum absolute atomic E-state index is 14.4. The van der Waals surface area contributed by atoms with Gasteiger partial charge >= 0.3 is 6.09 Å². The minimum atomic E-state index is -0.501. The van der Waals surface area contributed by atoms with E-state index in [1.165, 1.54) is 5.57 Å². The van der Waals surface area contributed by atoms with E-state index in [4.69, 9.17) is 33.6 Å². The molecule has 0 radical (unpaired) electrons. The summed E-state index contributed by atoms with van der Waals surface area (Å²) in [5, 5.41) is 10.1. The summed E-state index contributed by atoms with van der Waals surface area (Å²) in [6.07, 6.45) is 11.8. The van der Waals surface area contributed by atoms with Gasteiger partial charge in [0, 0.05) is 42.4 Å². The molecule has 68 heavy (non-hydrogen) atoms. The van der Waals surface area contributed by atoms with E-state index in [1.807, 2.05) is 54.0 Å². The number of para-hydroxylation sites is 1. The molecule has 0 aromatic heterocycles. The van der Waals surface area contributed by atoms with E-state index >= 15 is 0 Å². The Morgan fingerprint density at radius 1 is 0.926 bits per heavy atom. The first-order chi connectivity index (χ1) is 32.9. The molecule has 0 saturated carbocycles. The minimum absolute atomic E-state index is 0.0595. The number of hydrogen-bond acceptors (Lipinski definition) is 12. The lowest BCUT2D eigenvalue weighted by Gasteiger charge is -2.28. The Hall–Kier alpha value is -5.48. The summed E-state index contributed by atoms with van der Waals surface area (Å²) >= 11 is 0. The predicted octanol–water partition coefficient (Wildman–Crippen LogP) is 11.4. The van der Waals surface area contributed by atoms with Crippen LogP contribution in [-0.4, -0.2) is 105 Å². The van der Waals surface area contributed by atoms with Gasteiger partial charge in [-0.3, -0.25) is 19.3 Å². The molecule has 7 rings (SSSR count). The molecule has 0 fully saturated rings. The second-order valence-corrected chi connectivity index (χ2v) is 20.3. The predicted molar refractivity (Wildman–Crippen MR) is 275 cm³/mol. The Morgan fingerprint density at radius 2 is 1.60 bits per heavy atom. The van der Waals surface area contributed by atoms with Crippen molar-refractivity contribution in [3.63, 3.8) is 0 Å². The summed E-state index contributed by atoms with van der Waals surface area (Å²) < 4.78 is 29.8. The monoisotopic (exact) mass is 974 g/mol. The zero-order chi connectivity index (χ0) is 49.4. The van der Waals surface area contributed by atoms with Gasteiger partial charge in [-0.25, -0.2) is 4.79 Å². The largest absolute Gasteiger partial charge is 0.493 e. The molecule has 2 N–H and O–H groups in total. The number of rotatable bonds is 19. The van der Waals surface area contributed by atoms with Crippen molar-refractivity contribution in [2.45, 2.75) is 116 Å². The number of anilines is 3. The Labute approximate surface area is 410 Å². The average molecular weight is 975 g/mol. The second-order valence-electron chi connectivity index (χ2n) is 17.2. The molecule has 16 heteroatoms. The molecule has 3 aliphatic heterocycles. The number of benzene rings is 3. The maximum Gasteiger partial charge on any atom is 0.414 e. The van der Waals surface area contributed by atoms with E-state index in [9.17, 15) is 14.4 Å². The van der Waals surface area contributed by atoms with Crippen molar-refractivity contribution in [3.05, 3.63) is 88.6 Å². The van der Waals surface area contributed by atoms with Crippen molar-refractivity contribution in [2.75, 3.05) is 68.5 Å². The molecular formula is C52H70N4O10S2. The quantitative estimate of drug-likeness (QED) is 0.0665. The van der Waals surface area contributed by atoms with Gasteiger partial charge in [0.2, 0.25) is 0 Å². The highest BCUT2D eigenvalue weighted by molar-refractivity contribution is 8.77. The standard InChI is InChI=1S/C49H62N4O8S2.C2H6.CH2O2/c1-8-9-23-62-63-49(3,4)31-61-48(56)51-30-35-25-34-18-12-14-20-40(34)53(35)47(55)37-27-43(58-7)45(29-41(37)51)60-22-16-10-15-21-59-44-28-38(50-5)36(26-42(44)57-6)46(54)52-32(2)24-33-17-11-13-19-39(33)52;1-2;2-1-3/h12-14,18-20,26-29,32,35,50H,8-11,15-17,21-25,30-31H2,1-7H3;1-2H3;1H,(H,2,3)/t32-,35?;;/m1../s1. The van der Waals surface area contributed by atoms with Crippen LogP contribution in [0.25, 0.3) is 0 Å². The molecule has 4 aliphatic rings. The van der Waals surface area contributed by atoms with Gasteiger partial charge in [-0.2, -0.15) is 0 Å². The lowest BCUT2D eigenvalue weighted by atomic mass is 10.0. The normalized spacial score (nSPS) is 16.7. The van der Waals surface area contributed by atoms with E-state index in [0.29, 0.717) is 65.1 Å². The molecule has 0 saturated heterocycles. The average Bonchev–Trinajstić information content (AvgIpc) is 3.86. The number of carboxylic acid groups (broad SMARTS) is 1. The number of unbranched alkanes of at least 4 members (excludes halogenated alkanes) is 3. The molecule has 0 bridgehead atoms. The fourth-order valence-corrected chi connectivity index (χ4v) is 11.3. The summed E-state index contributed by atoms with van der Waals surface area (Å²) in [7, 11) is 8.47. The number of carbonyl (C=O) groups excluding carboxylic acids is 3. The molecule has 3 amide bonds. The van der Waals surface area contributed by atoms with Crippen LogP contribution < -0.4 is 34.1 Å². The zero-order valence-corrected chi connectivity index (χ0v) is 42.8. The van der Waals surface area contributed by atoms with Crippen LogP contribution in [0.5, 0.6) is 23.0 Å². The summed E-state index contributed by atoms with van der Waals surface area (Å²) in [5.41, 5.74) is 6.29. The van der Waals surface area contributed by atoms with Gasteiger partial charge in [0.25, 0.3) is 18.3 Å². The second kappa shape index (κ2) is 25.8. The summed E-state index contributed by atoms with van der Waals surface area (Å²) in [6.45, 7) is 13.5. The van der Waals surface area contributed by atoms with Gasteiger partial charge in [0.1, 0.15) is 6.61 Å². The third-order valence-corrected chi connectivity index (χ3v) is 15.3. The van der Waals surface area contributed by atoms with Crippen LogP contribution in [0.2, 0.25) is 0 Å². The van der Waals surface area contributed by atoms with Crippen LogP contribution in [0.4, 0.5) is 21.9 Å². The molecule has 1 unspecified atom stereocenters. The minimum Gasteiger partial charge on any atom is -0.493 e. The highest BCUT2D eigenvalue weighted by Crippen LogP contribution is 2.44. The first-order valence-corrected chi connectivity index (χ1v) is 26.1. The number of hydrogen-bond donors (Lipinski definition) is 2. The summed E-state index contributed by atoms with van der Waals surface area (Å²) in [5.74, 6) is 2.70. The smallest absolute Gasteiger partial charge is 0.414 e. The van der Waals surface area contributed by atoms with Crippen molar-refractivity contribution in [2.24, 2.45) is 0 Å². The van der Waals surface area contributed by atoms with Crippen molar-refractivity contribution in [1.29, 1.82) is 0 Å². The first-order valence-electron chi connectivity index (χ1n) is 23.7. The fourth-order valence-electron chi connectivity index (χ4n) is 8.69. The summed E-state index contributed by atoms with van der Waals surface area (Å²) in [6, 6.07) is 14.8. The van der Waals surface area contributed by atoms with E-state index in [0.717, 1.165) is 74.1 Å². The number of allylic oxidation sites excluding steroid dienone is 2. The number of ether oxygens (including phenoxy) is 5. The third kappa shape index (κ3) is 12.8. The van der Waals surface area contributed by atoms with Crippen molar-refractivity contribution in [3.8, 4) is 23.0 Å². The Balaban J connectivity index is 0.00000166. The number of methoxy groups -OCH3 is 2. The van der Waals surface area contributed by atoms with Crippen LogP contribution in [0.1, 0.15) is 119 Å². The van der Waals surface area contributed by atoms with Crippen molar-refractivity contribution in [1.82, 2.24) is 4.90 Å². The van der Waals surface area contributed by atoms with E-state index < -0.39 is 6.09 Å². The SMILES string of the molecule is CC.CCCCSSC(C)(C)COC(=O)N1CC2Cc3ccccc3N2C(=O)c2cc(OC)c(OCCCCCOc3cc(NC)c(C(=O)N4C5=C(CCC=C5)C[C@H]4C)cc3OC)cc21.O=CO. The molecule has 1 aliphatic carbocycles. The molecule has 3 aromatic carbocycles. The Morgan fingerprint density at radius 3 is 2.28 bits per heavy atom. The lowest BCUT2D eigenvalue weighted by molar-refractivity contribution is -0.122. The lowest BCUT2D eigenvalue weighted by Crippen LogP contribution is -2.44. The zero-order valence-electron chi connectivity index (χ0n) is 41.2. The van der Waals surface area contributed by atoms with Crippen LogP contribution in [0.15, 0.2) is 72.0 Å². The van der Waals surface area contributed by atoms with Gasteiger partial charge in [-0.15, -0.1) is 0 Å². The highest BCUT2D eigenvalue weighted by Gasteiger charge is 2.42. The van der Waals surface area contributed by atoms with Crippen molar-refractivity contribution >= 4 is 63.0 Å². The van der Waals surface area contributed by atoms with E-state index in [1.54, 1.807) is 66.0 Å². The molecule has 2 atom stereocenters. The van der Waals surface area contributed by atoms with E-state index in [-0.39, 0.29) is 48.3 Å². The van der Waals surface area contributed by atoms with Crippen LogP contribution in [-0.2, 0) is 16.0 Å². The molecule has 3 aromatic rings. The van der Waals surface area contributed by atoms with E-state index in [2.05, 4.69) is 45.2 Å². The summed E-state index contributed by atoms with van der Waals surface area (Å²) in [4.78, 5) is 56.2. The van der Waals surface area contributed by atoms with Crippen LogP contribution in [0.3, 0.4) is 0 Å². The number of fused-ring (bicyclic) bond motifs is 4. The number of carbonyl (C=O) groups is 4. The third-order valence-electron chi connectivity index (χ3n) is 11.9. The molecule has 370 valence electrons.